The molecule has 7 nitrogen and oxygen atoms in total. The van der Waals surface area contributed by atoms with E-state index in [1.165, 1.54) is 7.11 Å². The summed E-state index contributed by atoms with van der Waals surface area (Å²) in [6.07, 6.45) is -0.981. The number of nitrogens with one attached hydrogen (secondary N) is 1. The molecule has 1 heterocycles. The maximum absolute atomic E-state index is 15.6. The first kappa shape index (κ1) is 25.2. The molecule has 1 N–H and O–H groups in total. The second kappa shape index (κ2) is 9.82. The highest BCUT2D eigenvalue weighted by Gasteiger charge is 2.45. The minimum atomic E-state index is -3.56. The van der Waals surface area contributed by atoms with Crippen LogP contribution in [-0.2, 0) is 33.3 Å². The van der Waals surface area contributed by atoms with E-state index >= 15 is 13.2 Å². The molecule has 1 amide bonds. The van der Waals surface area contributed by atoms with Crippen LogP contribution in [0.4, 0.5) is 23.7 Å². The highest BCUT2D eigenvalue weighted by Crippen LogP contribution is 2.44. The van der Waals surface area contributed by atoms with Crippen molar-refractivity contribution in [1.29, 1.82) is 0 Å². The molecule has 3 rings (SSSR count). The molecule has 34 heavy (non-hydrogen) atoms. The number of alkyl halides is 2. The van der Waals surface area contributed by atoms with E-state index in [9.17, 15) is 9.59 Å². The fourth-order valence-electron chi connectivity index (χ4n) is 3.42. The topological polar surface area (TPSA) is 77.1 Å². The minimum absolute atomic E-state index is 0.0123. The van der Waals surface area contributed by atoms with E-state index in [2.05, 4.69) is 10.1 Å². The standard InChI is InChI=1S/C24H27F3N2O5/c1-23(2,3)34-22(31)29-12-16-17(24(26,27)14-29)10-18(33-13-15-8-6-5-7-9-15)21(20(16)25)28-11-19(30)32-4/h5-10,28H,11-14H2,1-4H3. The summed E-state index contributed by atoms with van der Waals surface area (Å²) in [5, 5.41) is 2.57. The molecule has 2 aromatic carbocycles. The Morgan fingerprint density at radius 1 is 1.18 bits per heavy atom. The molecule has 0 aliphatic carbocycles. The summed E-state index contributed by atoms with van der Waals surface area (Å²) in [5.41, 5.74) is -1.42. The average Bonchev–Trinajstić information content (AvgIpc) is 2.76. The Hall–Kier alpha value is -3.43. The molecule has 1 aliphatic rings. The van der Waals surface area contributed by atoms with Crippen molar-refractivity contribution in [2.45, 2.75) is 45.4 Å². The highest BCUT2D eigenvalue weighted by molar-refractivity contribution is 5.77. The van der Waals surface area contributed by atoms with Gasteiger partial charge in [0.2, 0.25) is 0 Å². The van der Waals surface area contributed by atoms with Crippen LogP contribution in [0.5, 0.6) is 5.75 Å². The fourth-order valence-corrected chi connectivity index (χ4v) is 3.42. The summed E-state index contributed by atoms with van der Waals surface area (Å²) in [6, 6.07) is 9.95. The van der Waals surface area contributed by atoms with Crippen molar-refractivity contribution in [1.82, 2.24) is 4.90 Å². The van der Waals surface area contributed by atoms with E-state index in [1.807, 2.05) is 6.07 Å². The first-order chi connectivity index (χ1) is 15.9. The molecular formula is C24H27F3N2O5. The molecule has 10 heteroatoms. The molecule has 0 saturated heterocycles. The quantitative estimate of drug-likeness (QED) is 0.597. The molecule has 0 aromatic heterocycles. The maximum atomic E-state index is 15.6. The van der Waals surface area contributed by atoms with Crippen LogP contribution >= 0.6 is 0 Å². The number of fused-ring (bicyclic) bond motifs is 1. The Balaban J connectivity index is 1.99. The largest absolute Gasteiger partial charge is 0.487 e. The van der Waals surface area contributed by atoms with Crippen LogP contribution in [0.1, 0.15) is 37.5 Å². The molecule has 0 radical (unpaired) electrons. The molecule has 0 saturated carbocycles. The number of halogens is 3. The third-order valence-corrected chi connectivity index (χ3v) is 4.99. The smallest absolute Gasteiger partial charge is 0.410 e. The van der Waals surface area contributed by atoms with E-state index in [0.717, 1.165) is 16.5 Å². The van der Waals surface area contributed by atoms with Gasteiger partial charge in [0.05, 0.1) is 20.2 Å². The molecule has 0 fully saturated rings. The van der Waals surface area contributed by atoms with Gasteiger partial charge in [-0.1, -0.05) is 30.3 Å². The first-order valence-electron chi connectivity index (χ1n) is 10.6. The van der Waals surface area contributed by atoms with Gasteiger partial charge in [-0.05, 0) is 32.4 Å². The van der Waals surface area contributed by atoms with Crippen molar-refractivity contribution < 1.29 is 37.0 Å². The van der Waals surface area contributed by atoms with Gasteiger partial charge in [0.15, 0.2) is 5.82 Å². The zero-order chi connectivity index (χ0) is 25.1. The van der Waals surface area contributed by atoms with Gasteiger partial charge in [-0.25, -0.2) is 9.18 Å². The van der Waals surface area contributed by atoms with Crippen LogP contribution in [0, 0.1) is 5.82 Å². The Kier molecular flexibility index (Phi) is 7.28. The number of hydrogen-bond donors (Lipinski definition) is 1. The van der Waals surface area contributed by atoms with Gasteiger partial charge in [-0.2, -0.15) is 8.78 Å². The summed E-state index contributed by atoms with van der Waals surface area (Å²) in [5.74, 6) is -5.48. The lowest BCUT2D eigenvalue weighted by Gasteiger charge is -2.36. The van der Waals surface area contributed by atoms with E-state index in [-0.39, 0.29) is 23.6 Å². The molecule has 0 bridgehead atoms. The van der Waals surface area contributed by atoms with Gasteiger partial charge in [-0.3, -0.25) is 9.69 Å². The molecule has 1 aliphatic heterocycles. The van der Waals surface area contributed by atoms with Crippen LogP contribution in [-0.4, -0.2) is 42.8 Å². The predicted octanol–water partition coefficient (Wildman–Crippen LogP) is 4.83. The average molecular weight is 480 g/mol. The number of nitrogens with zero attached hydrogens (tertiary/aromatic N) is 1. The maximum Gasteiger partial charge on any atom is 0.410 e. The van der Waals surface area contributed by atoms with E-state index in [0.29, 0.717) is 0 Å². The van der Waals surface area contributed by atoms with Crippen LogP contribution in [0.25, 0.3) is 0 Å². The molecule has 0 unspecified atom stereocenters. The van der Waals surface area contributed by atoms with Gasteiger partial charge in [0, 0.05) is 11.1 Å². The van der Waals surface area contributed by atoms with E-state index in [4.69, 9.17) is 9.47 Å². The van der Waals surface area contributed by atoms with Gasteiger partial charge in [0.25, 0.3) is 5.92 Å². The summed E-state index contributed by atoms with van der Waals surface area (Å²) in [4.78, 5) is 24.8. The molecule has 2 aromatic rings. The van der Waals surface area contributed by atoms with Crippen molar-refractivity contribution in [3.05, 3.63) is 58.9 Å². The second-order valence-electron chi connectivity index (χ2n) is 8.83. The van der Waals surface area contributed by atoms with Gasteiger partial charge in [0.1, 0.15) is 30.2 Å². The van der Waals surface area contributed by atoms with Crippen LogP contribution in [0.2, 0.25) is 0 Å². The van der Waals surface area contributed by atoms with Crippen molar-refractivity contribution in [2.24, 2.45) is 0 Å². The number of benzene rings is 2. The monoisotopic (exact) mass is 480 g/mol. The Labute approximate surface area is 195 Å². The lowest BCUT2D eigenvalue weighted by molar-refractivity contribution is -0.138. The second-order valence-corrected chi connectivity index (χ2v) is 8.83. The molecule has 184 valence electrons. The minimum Gasteiger partial charge on any atom is -0.487 e. The third kappa shape index (κ3) is 5.92. The van der Waals surface area contributed by atoms with Crippen molar-refractivity contribution >= 4 is 17.7 Å². The number of carbonyl (C=O) groups excluding carboxylic acids is 2. The molecular weight excluding hydrogens is 453 g/mol. The number of ether oxygens (including phenoxy) is 3. The van der Waals surface area contributed by atoms with Crippen LogP contribution in [0.3, 0.4) is 0 Å². The Morgan fingerprint density at radius 2 is 1.85 bits per heavy atom. The fraction of sp³-hybridized carbons (Fsp3) is 0.417. The normalized spacial score (nSPS) is 14.7. The number of rotatable bonds is 6. The SMILES string of the molecule is COC(=O)CNc1c(OCc2ccccc2)cc2c(c1F)CN(C(=O)OC(C)(C)C)CC2(F)F. The van der Waals surface area contributed by atoms with E-state index in [1.54, 1.807) is 45.0 Å². The third-order valence-electron chi connectivity index (χ3n) is 4.99. The number of hydrogen-bond acceptors (Lipinski definition) is 6. The summed E-state index contributed by atoms with van der Waals surface area (Å²) in [7, 11) is 1.17. The number of carbonyl (C=O) groups is 2. The highest BCUT2D eigenvalue weighted by atomic mass is 19.3. The lowest BCUT2D eigenvalue weighted by Crippen LogP contribution is -2.46. The van der Waals surface area contributed by atoms with Crippen molar-refractivity contribution in [2.75, 3.05) is 25.5 Å². The number of anilines is 1. The zero-order valence-electron chi connectivity index (χ0n) is 19.4. The zero-order valence-corrected chi connectivity index (χ0v) is 19.4. The predicted molar refractivity (Wildman–Crippen MR) is 118 cm³/mol. The Morgan fingerprint density at radius 3 is 2.47 bits per heavy atom. The van der Waals surface area contributed by atoms with Crippen LogP contribution < -0.4 is 10.1 Å². The van der Waals surface area contributed by atoms with E-state index < -0.39 is 54.6 Å². The summed E-state index contributed by atoms with van der Waals surface area (Å²) < 4.78 is 61.2. The van der Waals surface area contributed by atoms with Gasteiger partial charge < -0.3 is 19.5 Å². The Bertz CT molecular complexity index is 1050. The number of amides is 1. The summed E-state index contributed by atoms with van der Waals surface area (Å²) in [6.45, 7) is 2.98. The molecule has 0 atom stereocenters. The summed E-state index contributed by atoms with van der Waals surface area (Å²) >= 11 is 0. The van der Waals surface area contributed by atoms with Crippen molar-refractivity contribution in [3.63, 3.8) is 0 Å². The number of esters is 1. The van der Waals surface area contributed by atoms with Gasteiger partial charge >= 0.3 is 12.1 Å². The van der Waals surface area contributed by atoms with Gasteiger partial charge in [-0.15, -0.1) is 0 Å². The van der Waals surface area contributed by atoms with Crippen LogP contribution in [0.15, 0.2) is 36.4 Å². The first-order valence-corrected chi connectivity index (χ1v) is 10.6. The molecule has 0 spiro atoms. The van der Waals surface area contributed by atoms with Crippen molar-refractivity contribution in [3.8, 4) is 5.75 Å². The lowest BCUT2D eigenvalue weighted by atomic mass is 9.94. The number of methoxy groups -OCH3 is 1.